The van der Waals surface area contributed by atoms with E-state index in [1.54, 1.807) is 14.0 Å². The molecule has 2 heterocycles. The monoisotopic (exact) mass is 365 g/mol. The van der Waals surface area contributed by atoms with Crippen molar-refractivity contribution in [1.29, 1.82) is 0 Å². The van der Waals surface area contributed by atoms with Crippen LogP contribution in [0.1, 0.15) is 18.5 Å². The maximum absolute atomic E-state index is 12.8. The number of rotatable bonds is 4. The minimum Gasteiger partial charge on any atom is -0.497 e. The Bertz CT molecular complexity index is 1010. The van der Waals surface area contributed by atoms with E-state index in [4.69, 9.17) is 9.47 Å². The number of nitrogens with zero attached hydrogens (tertiary/aromatic N) is 2. The van der Waals surface area contributed by atoms with Crippen LogP contribution >= 0.6 is 0 Å². The summed E-state index contributed by atoms with van der Waals surface area (Å²) in [5, 5.41) is 2.75. The van der Waals surface area contributed by atoms with Gasteiger partial charge in [0.15, 0.2) is 5.92 Å². The van der Waals surface area contributed by atoms with Gasteiger partial charge < -0.3 is 14.0 Å². The molecule has 2 atom stereocenters. The van der Waals surface area contributed by atoms with Crippen molar-refractivity contribution in [1.82, 2.24) is 9.55 Å². The standard InChI is InChI=1S/C20H19N3O4/c1-3-27-19(25)16-17(12-8-10-13(26-2)11-9-12)23-15-7-5-4-6-14(15)21-20(23)22-18(16)24/h4-11,16-17H,3H2,1-2H3,(H,21,22,24)/t16-,17+/m0/s1. The maximum Gasteiger partial charge on any atom is 0.321 e. The van der Waals surface area contributed by atoms with E-state index < -0.39 is 23.8 Å². The second-order valence-corrected chi connectivity index (χ2v) is 6.23. The lowest BCUT2D eigenvalue weighted by molar-refractivity contribution is -0.152. The number of carbonyl (C=O) groups excluding carboxylic acids is 2. The molecule has 0 bridgehead atoms. The molecule has 0 spiro atoms. The Kier molecular flexibility index (Phi) is 4.27. The Morgan fingerprint density at radius 1 is 1.19 bits per heavy atom. The number of hydrogen-bond acceptors (Lipinski definition) is 5. The first-order chi connectivity index (χ1) is 13.1. The largest absolute Gasteiger partial charge is 0.497 e. The molecule has 0 unspecified atom stereocenters. The fourth-order valence-corrected chi connectivity index (χ4v) is 3.51. The summed E-state index contributed by atoms with van der Waals surface area (Å²) in [6.07, 6.45) is 0. The van der Waals surface area contributed by atoms with Crippen LogP contribution < -0.4 is 10.1 Å². The third-order valence-electron chi connectivity index (χ3n) is 4.71. The Balaban J connectivity index is 1.92. The molecule has 0 saturated heterocycles. The van der Waals surface area contributed by atoms with E-state index >= 15 is 0 Å². The number of carbonyl (C=O) groups is 2. The number of anilines is 1. The SMILES string of the molecule is CCOC(=O)[C@@H]1C(=O)Nc2nc3ccccc3n2[C@@H]1c1ccc(OC)cc1. The fraction of sp³-hybridized carbons (Fsp3) is 0.250. The number of fused-ring (bicyclic) bond motifs is 3. The van der Waals surface area contributed by atoms with Crippen molar-refractivity contribution in [2.75, 3.05) is 19.0 Å². The summed E-state index contributed by atoms with van der Waals surface area (Å²) < 4.78 is 12.3. The number of hydrogen-bond donors (Lipinski definition) is 1. The molecule has 0 fully saturated rings. The van der Waals surface area contributed by atoms with Gasteiger partial charge in [0.25, 0.3) is 0 Å². The molecule has 138 valence electrons. The van der Waals surface area contributed by atoms with Crippen molar-refractivity contribution >= 4 is 28.9 Å². The molecule has 1 amide bonds. The zero-order chi connectivity index (χ0) is 19.0. The molecule has 0 aliphatic carbocycles. The number of benzene rings is 2. The number of para-hydroxylation sites is 2. The van der Waals surface area contributed by atoms with E-state index in [1.165, 1.54) is 0 Å². The molecule has 1 aromatic heterocycles. The summed E-state index contributed by atoms with van der Waals surface area (Å²) >= 11 is 0. The molecule has 1 aliphatic heterocycles. The quantitative estimate of drug-likeness (QED) is 0.568. The first-order valence-electron chi connectivity index (χ1n) is 8.72. The topological polar surface area (TPSA) is 82.5 Å². The van der Waals surface area contributed by atoms with Crippen molar-refractivity contribution in [3.63, 3.8) is 0 Å². The minimum absolute atomic E-state index is 0.204. The lowest BCUT2D eigenvalue weighted by Crippen LogP contribution is -2.43. The maximum atomic E-state index is 12.8. The number of methoxy groups -OCH3 is 1. The van der Waals surface area contributed by atoms with Crippen LogP contribution in [0.3, 0.4) is 0 Å². The molecule has 1 aliphatic rings. The highest BCUT2D eigenvalue weighted by atomic mass is 16.5. The summed E-state index contributed by atoms with van der Waals surface area (Å²) in [7, 11) is 1.59. The molecular weight excluding hydrogens is 346 g/mol. The minimum atomic E-state index is -1.01. The molecular formula is C20H19N3O4. The highest BCUT2D eigenvalue weighted by Gasteiger charge is 2.44. The summed E-state index contributed by atoms with van der Waals surface area (Å²) in [6, 6.07) is 14.3. The summed E-state index contributed by atoms with van der Waals surface area (Å²) in [5.41, 5.74) is 2.38. The van der Waals surface area contributed by atoms with Crippen LogP contribution in [0.4, 0.5) is 5.95 Å². The summed E-state index contributed by atoms with van der Waals surface area (Å²) in [5.74, 6) is -0.871. The number of aromatic nitrogens is 2. The predicted molar refractivity (Wildman–Crippen MR) is 99.6 cm³/mol. The van der Waals surface area contributed by atoms with Crippen molar-refractivity contribution in [2.45, 2.75) is 13.0 Å². The molecule has 0 saturated carbocycles. The number of esters is 1. The molecule has 2 aromatic carbocycles. The smallest absolute Gasteiger partial charge is 0.321 e. The first-order valence-corrected chi connectivity index (χ1v) is 8.72. The molecule has 1 N–H and O–H groups in total. The fourth-order valence-electron chi connectivity index (χ4n) is 3.51. The number of imidazole rings is 1. The summed E-state index contributed by atoms with van der Waals surface area (Å²) in [4.78, 5) is 29.9. The van der Waals surface area contributed by atoms with Crippen LogP contribution in [0.25, 0.3) is 11.0 Å². The van der Waals surface area contributed by atoms with Gasteiger partial charge in [-0.2, -0.15) is 0 Å². The van der Waals surface area contributed by atoms with Gasteiger partial charge in [-0.25, -0.2) is 4.98 Å². The zero-order valence-corrected chi connectivity index (χ0v) is 15.0. The van der Waals surface area contributed by atoms with Gasteiger partial charge in [0.2, 0.25) is 11.9 Å². The third-order valence-corrected chi connectivity index (χ3v) is 4.71. The average molecular weight is 365 g/mol. The van der Waals surface area contributed by atoms with Gasteiger partial charge in [-0.3, -0.25) is 14.9 Å². The second kappa shape index (κ2) is 6.75. The highest BCUT2D eigenvalue weighted by Crippen LogP contribution is 2.38. The average Bonchev–Trinajstić information content (AvgIpc) is 3.05. The van der Waals surface area contributed by atoms with Crippen LogP contribution in [0.2, 0.25) is 0 Å². The highest BCUT2D eigenvalue weighted by molar-refractivity contribution is 6.07. The van der Waals surface area contributed by atoms with Crippen LogP contribution in [-0.2, 0) is 14.3 Å². The zero-order valence-electron chi connectivity index (χ0n) is 15.0. The van der Waals surface area contributed by atoms with E-state index in [1.807, 2.05) is 53.1 Å². The molecule has 7 heteroatoms. The van der Waals surface area contributed by atoms with Gasteiger partial charge in [0, 0.05) is 0 Å². The van der Waals surface area contributed by atoms with E-state index in [2.05, 4.69) is 10.3 Å². The van der Waals surface area contributed by atoms with Crippen LogP contribution in [0.5, 0.6) is 5.75 Å². The molecule has 27 heavy (non-hydrogen) atoms. The van der Waals surface area contributed by atoms with Gasteiger partial charge in [-0.15, -0.1) is 0 Å². The molecule has 4 rings (SSSR count). The molecule has 3 aromatic rings. The normalized spacial score (nSPS) is 18.7. The van der Waals surface area contributed by atoms with Gasteiger partial charge in [-0.05, 0) is 36.8 Å². The van der Waals surface area contributed by atoms with E-state index in [0.717, 1.165) is 16.6 Å². The van der Waals surface area contributed by atoms with E-state index in [0.29, 0.717) is 11.7 Å². The summed E-state index contributed by atoms with van der Waals surface area (Å²) in [6.45, 7) is 1.93. The van der Waals surface area contributed by atoms with Crippen molar-refractivity contribution < 1.29 is 19.1 Å². The lowest BCUT2D eigenvalue weighted by Gasteiger charge is -2.32. The van der Waals surface area contributed by atoms with E-state index in [-0.39, 0.29) is 6.61 Å². The van der Waals surface area contributed by atoms with Crippen molar-refractivity contribution in [3.8, 4) is 5.75 Å². The van der Waals surface area contributed by atoms with Crippen molar-refractivity contribution in [3.05, 3.63) is 54.1 Å². The van der Waals surface area contributed by atoms with Crippen LogP contribution in [-0.4, -0.2) is 35.1 Å². The van der Waals surface area contributed by atoms with Gasteiger partial charge >= 0.3 is 5.97 Å². The Labute approximate surface area is 155 Å². The Hall–Kier alpha value is -3.35. The Morgan fingerprint density at radius 2 is 1.93 bits per heavy atom. The second-order valence-electron chi connectivity index (χ2n) is 6.23. The van der Waals surface area contributed by atoms with Gasteiger partial charge in [-0.1, -0.05) is 24.3 Å². The number of ether oxygens (including phenoxy) is 2. The molecule has 7 nitrogen and oxygen atoms in total. The van der Waals surface area contributed by atoms with Crippen LogP contribution in [0.15, 0.2) is 48.5 Å². The number of amides is 1. The first kappa shape index (κ1) is 17.1. The van der Waals surface area contributed by atoms with Gasteiger partial charge in [0.05, 0.1) is 30.8 Å². The Morgan fingerprint density at radius 3 is 2.63 bits per heavy atom. The third kappa shape index (κ3) is 2.81. The van der Waals surface area contributed by atoms with E-state index in [9.17, 15) is 9.59 Å². The van der Waals surface area contributed by atoms with Crippen LogP contribution in [0, 0.1) is 5.92 Å². The predicted octanol–water partition coefficient (Wildman–Crippen LogP) is 2.77. The van der Waals surface area contributed by atoms with Gasteiger partial charge in [0.1, 0.15) is 5.75 Å². The molecule has 0 radical (unpaired) electrons. The van der Waals surface area contributed by atoms with Crippen molar-refractivity contribution in [2.24, 2.45) is 5.92 Å². The lowest BCUT2D eigenvalue weighted by atomic mass is 9.90. The number of nitrogens with one attached hydrogen (secondary N) is 1.